The number of amides is 1. The molecule has 0 atom stereocenters. The summed E-state index contributed by atoms with van der Waals surface area (Å²) in [6.45, 7) is 4.40. The molecule has 1 amide bonds. The summed E-state index contributed by atoms with van der Waals surface area (Å²) >= 11 is 0. The van der Waals surface area contributed by atoms with E-state index in [2.05, 4.69) is 4.98 Å². The first-order valence-electron chi connectivity index (χ1n) is 7.45. The molecule has 0 fully saturated rings. The molecule has 0 saturated heterocycles. The standard InChI is InChI=1S/C16H21N3O3/c1-4-12-15(19-10-7-6-8-13(19)17-12)16(21)18(3)11-9-14(20)22-5-2/h6-8,10H,4-5,9,11H2,1-3H3. The maximum Gasteiger partial charge on any atom is 0.307 e. The van der Waals surface area contributed by atoms with Gasteiger partial charge in [-0.2, -0.15) is 0 Å². The predicted molar refractivity (Wildman–Crippen MR) is 82.8 cm³/mol. The molecule has 118 valence electrons. The Morgan fingerprint density at radius 3 is 2.77 bits per heavy atom. The highest BCUT2D eigenvalue weighted by atomic mass is 16.5. The lowest BCUT2D eigenvalue weighted by atomic mass is 10.2. The van der Waals surface area contributed by atoms with Gasteiger partial charge in [-0.25, -0.2) is 4.98 Å². The highest BCUT2D eigenvalue weighted by molar-refractivity contribution is 5.94. The number of hydrogen-bond acceptors (Lipinski definition) is 4. The van der Waals surface area contributed by atoms with E-state index in [9.17, 15) is 9.59 Å². The lowest BCUT2D eigenvalue weighted by Gasteiger charge is -2.17. The van der Waals surface area contributed by atoms with Crippen molar-refractivity contribution >= 4 is 17.5 Å². The minimum Gasteiger partial charge on any atom is -0.466 e. The molecule has 0 unspecified atom stereocenters. The van der Waals surface area contributed by atoms with Crippen LogP contribution < -0.4 is 0 Å². The van der Waals surface area contributed by atoms with Gasteiger partial charge in [-0.05, 0) is 25.5 Å². The van der Waals surface area contributed by atoms with E-state index in [0.29, 0.717) is 25.3 Å². The summed E-state index contributed by atoms with van der Waals surface area (Å²) in [7, 11) is 1.68. The molecule has 0 N–H and O–H groups in total. The van der Waals surface area contributed by atoms with Crippen LogP contribution in [0.25, 0.3) is 5.65 Å². The van der Waals surface area contributed by atoms with Crippen molar-refractivity contribution < 1.29 is 14.3 Å². The molecule has 0 saturated carbocycles. The van der Waals surface area contributed by atoms with Crippen molar-refractivity contribution in [3.05, 3.63) is 35.8 Å². The molecule has 0 bridgehead atoms. The number of aryl methyl sites for hydroxylation is 1. The third kappa shape index (κ3) is 3.27. The molecular weight excluding hydrogens is 282 g/mol. The normalized spacial score (nSPS) is 10.7. The van der Waals surface area contributed by atoms with Crippen LogP contribution in [0.3, 0.4) is 0 Å². The van der Waals surface area contributed by atoms with Crippen LogP contribution in [0.15, 0.2) is 24.4 Å². The van der Waals surface area contributed by atoms with Crippen molar-refractivity contribution in [3.63, 3.8) is 0 Å². The summed E-state index contributed by atoms with van der Waals surface area (Å²) in [5.74, 6) is -0.434. The van der Waals surface area contributed by atoms with E-state index in [0.717, 1.165) is 11.3 Å². The topological polar surface area (TPSA) is 63.9 Å². The van der Waals surface area contributed by atoms with Crippen LogP contribution in [-0.2, 0) is 16.0 Å². The highest BCUT2D eigenvalue weighted by Gasteiger charge is 2.21. The molecular formula is C16H21N3O3. The van der Waals surface area contributed by atoms with Gasteiger partial charge in [0.2, 0.25) is 0 Å². The average Bonchev–Trinajstić information content (AvgIpc) is 2.90. The Labute approximate surface area is 129 Å². The number of hydrogen-bond donors (Lipinski definition) is 0. The molecule has 0 aromatic carbocycles. The monoisotopic (exact) mass is 303 g/mol. The summed E-state index contributed by atoms with van der Waals surface area (Å²) in [6, 6.07) is 5.62. The molecule has 2 aromatic heterocycles. The van der Waals surface area contributed by atoms with Crippen molar-refractivity contribution in [1.29, 1.82) is 0 Å². The Kier molecular flexibility index (Phi) is 5.14. The summed E-state index contributed by atoms with van der Waals surface area (Å²) in [4.78, 5) is 30.1. The number of pyridine rings is 1. The molecule has 2 rings (SSSR count). The first-order chi connectivity index (χ1) is 10.6. The second-order valence-electron chi connectivity index (χ2n) is 4.97. The number of fused-ring (bicyclic) bond motifs is 1. The third-order valence-corrected chi connectivity index (χ3v) is 3.44. The van der Waals surface area contributed by atoms with Gasteiger partial charge in [-0.1, -0.05) is 13.0 Å². The van der Waals surface area contributed by atoms with Gasteiger partial charge in [0.1, 0.15) is 11.3 Å². The number of nitrogens with zero attached hydrogens (tertiary/aromatic N) is 3. The van der Waals surface area contributed by atoms with Crippen molar-refractivity contribution in [2.24, 2.45) is 0 Å². The Morgan fingerprint density at radius 1 is 1.32 bits per heavy atom. The molecule has 2 heterocycles. The fraction of sp³-hybridized carbons (Fsp3) is 0.438. The quantitative estimate of drug-likeness (QED) is 0.765. The summed E-state index contributed by atoms with van der Waals surface area (Å²) < 4.78 is 6.68. The van der Waals surface area contributed by atoms with Crippen molar-refractivity contribution in [2.45, 2.75) is 26.7 Å². The van der Waals surface area contributed by atoms with E-state index >= 15 is 0 Å². The van der Waals surface area contributed by atoms with Gasteiger partial charge in [0.05, 0.1) is 18.7 Å². The van der Waals surface area contributed by atoms with E-state index in [1.54, 1.807) is 18.4 Å². The Hall–Kier alpha value is -2.37. The lowest BCUT2D eigenvalue weighted by molar-refractivity contribution is -0.143. The SMILES string of the molecule is CCOC(=O)CCN(C)C(=O)c1c(CC)nc2ccccn12. The number of imidazole rings is 1. The van der Waals surface area contributed by atoms with Gasteiger partial charge >= 0.3 is 5.97 Å². The van der Waals surface area contributed by atoms with Gasteiger partial charge in [0, 0.05) is 19.8 Å². The van der Waals surface area contributed by atoms with Gasteiger partial charge in [-0.15, -0.1) is 0 Å². The molecule has 0 aliphatic rings. The third-order valence-electron chi connectivity index (χ3n) is 3.44. The van der Waals surface area contributed by atoms with E-state index < -0.39 is 0 Å². The Balaban J connectivity index is 2.20. The van der Waals surface area contributed by atoms with E-state index in [1.807, 2.05) is 31.3 Å². The molecule has 22 heavy (non-hydrogen) atoms. The predicted octanol–water partition coefficient (Wildman–Crippen LogP) is 1.92. The van der Waals surface area contributed by atoms with Gasteiger partial charge in [-0.3, -0.25) is 14.0 Å². The van der Waals surface area contributed by atoms with Crippen LogP contribution in [0.5, 0.6) is 0 Å². The first kappa shape index (κ1) is 16.0. The number of carbonyl (C=O) groups is 2. The zero-order valence-electron chi connectivity index (χ0n) is 13.2. The van der Waals surface area contributed by atoms with Crippen molar-refractivity contribution in [2.75, 3.05) is 20.2 Å². The second kappa shape index (κ2) is 7.06. The van der Waals surface area contributed by atoms with Crippen molar-refractivity contribution in [1.82, 2.24) is 14.3 Å². The number of aromatic nitrogens is 2. The molecule has 0 aliphatic carbocycles. The molecule has 0 aliphatic heterocycles. The summed E-state index contributed by atoms with van der Waals surface area (Å²) in [5, 5.41) is 0. The van der Waals surface area contributed by atoms with Gasteiger partial charge in [0.15, 0.2) is 0 Å². The number of carbonyl (C=O) groups excluding carboxylic acids is 2. The zero-order valence-corrected chi connectivity index (χ0v) is 13.2. The fourth-order valence-corrected chi connectivity index (χ4v) is 2.29. The van der Waals surface area contributed by atoms with Crippen LogP contribution >= 0.6 is 0 Å². The maximum absolute atomic E-state index is 12.7. The fourth-order valence-electron chi connectivity index (χ4n) is 2.29. The van der Waals surface area contributed by atoms with Crippen LogP contribution in [0.4, 0.5) is 0 Å². The minimum atomic E-state index is -0.295. The molecule has 6 nitrogen and oxygen atoms in total. The molecule has 0 spiro atoms. The van der Waals surface area contributed by atoms with E-state index in [-0.39, 0.29) is 18.3 Å². The second-order valence-corrected chi connectivity index (χ2v) is 4.97. The molecule has 6 heteroatoms. The molecule has 2 aromatic rings. The summed E-state index contributed by atoms with van der Waals surface area (Å²) in [5.41, 5.74) is 2.07. The van der Waals surface area contributed by atoms with E-state index in [4.69, 9.17) is 4.74 Å². The van der Waals surface area contributed by atoms with Gasteiger partial charge < -0.3 is 9.64 Å². The number of ether oxygens (including phenoxy) is 1. The first-order valence-corrected chi connectivity index (χ1v) is 7.45. The van der Waals surface area contributed by atoms with Crippen molar-refractivity contribution in [3.8, 4) is 0 Å². The summed E-state index contributed by atoms with van der Waals surface area (Å²) in [6.07, 6.45) is 2.69. The van der Waals surface area contributed by atoms with Crippen LogP contribution in [0.1, 0.15) is 36.5 Å². The Bertz CT molecular complexity index is 678. The van der Waals surface area contributed by atoms with Crippen LogP contribution in [0, 0.1) is 0 Å². The zero-order chi connectivity index (χ0) is 16.1. The number of esters is 1. The largest absolute Gasteiger partial charge is 0.466 e. The van der Waals surface area contributed by atoms with Crippen LogP contribution in [0.2, 0.25) is 0 Å². The smallest absolute Gasteiger partial charge is 0.307 e. The minimum absolute atomic E-state index is 0.139. The lowest BCUT2D eigenvalue weighted by Crippen LogP contribution is -2.31. The average molecular weight is 303 g/mol. The maximum atomic E-state index is 12.7. The van der Waals surface area contributed by atoms with E-state index in [1.165, 1.54) is 4.90 Å². The highest BCUT2D eigenvalue weighted by Crippen LogP contribution is 2.15. The number of rotatable bonds is 6. The Morgan fingerprint density at radius 2 is 2.09 bits per heavy atom. The molecule has 0 radical (unpaired) electrons. The van der Waals surface area contributed by atoms with Gasteiger partial charge in [0.25, 0.3) is 5.91 Å². The van der Waals surface area contributed by atoms with Crippen LogP contribution in [-0.4, -0.2) is 46.4 Å².